The topological polar surface area (TPSA) is 56.1 Å². The van der Waals surface area contributed by atoms with Gasteiger partial charge < -0.3 is 9.64 Å². The second kappa shape index (κ2) is 5.93. The average Bonchev–Trinajstić information content (AvgIpc) is 3.16. The lowest BCUT2D eigenvalue weighted by Crippen LogP contribution is -2.38. The van der Waals surface area contributed by atoms with Crippen molar-refractivity contribution in [2.45, 2.75) is 25.2 Å². The van der Waals surface area contributed by atoms with E-state index in [4.69, 9.17) is 9.84 Å². The highest BCUT2D eigenvalue weighted by atomic mass is 16.5. The quantitative estimate of drug-likeness (QED) is 0.861. The summed E-state index contributed by atoms with van der Waals surface area (Å²) >= 11 is 0. The van der Waals surface area contributed by atoms with Crippen molar-refractivity contribution < 1.29 is 4.74 Å². The molecule has 2 atom stereocenters. The normalized spacial score (nSPS) is 26.8. The van der Waals surface area contributed by atoms with Gasteiger partial charge >= 0.3 is 0 Å². The summed E-state index contributed by atoms with van der Waals surface area (Å²) in [7, 11) is 1.96. The lowest BCUT2D eigenvalue weighted by molar-refractivity contribution is 0.149. The maximum atomic E-state index is 5.51. The Bertz CT molecular complexity index is 649. The van der Waals surface area contributed by atoms with E-state index in [1.165, 1.54) is 25.8 Å². The predicted molar refractivity (Wildman–Crippen MR) is 83.6 cm³/mol. The number of likely N-dealkylation sites (tertiary alicyclic amines) is 1. The van der Waals surface area contributed by atoms with Gasteiger partial charge in [0, 0.05) is 45.1 Å². The number of nitrogens with zero attached hydrogens (tertiary/aromatic N) is 5. The van der Waals surface area contributed by atoms with E-state index in [0.29, 0.717) is 11.8 Å². The molecule has 0 aliphatic carbocycles. The molecule has 2 aromatic heterocycles. The summed E-state index contributed by atoms with van der Waals surface area (Å²) in [6, 6.07) is 0. The number of aryl methyl sites for hydroxylation is 1. The Balaban J connectivity index is 1.53. The first-order valence-corrected chi connectivity index (χ1v) is 8.25. The molecule has 6 heteroatoms. The number of ether oxygens (including phenoxy) is 1. The average molecular weight is 301 g/mol. The van der Waals surface area contributed by atoms with Gasteiger partial charge in [0.25, 0.3) is 0 Å². The predicted octanol–water partition coefficient (Wildman–Crippen LogP) is 1.58. The van der Waals surface area contributed by atoms with Gasteiger partial charge in [-0.05, 0) is 31.7 Å². The molecule has 2 fully saturated rings. The molecule has 0 unspecified atom stereocenters. The number of piperidine rings is 1. The summed E-state index contributed by atoms with van der Waals surface area (Å²) in [5.41, 5.74) is 2.98. The van der Waals surface area contributed by atoms with Crippen molar-refractivity contribution >= 4 is 11.2 Å². The van der Waals surface area contributed by atoms with Crippen molar-refractivity contribution in [3.05, 3.63) is 18.1 Å². The van der Waals surface area contributed by atoms with Crippen molar-refractivity contribution in [2.75, 3.05) is 32.8 Å². The molecule has 0 aromatic carbocycles. The molecule has 4 rings (SSSR count). The van der Waals surface area contributed by atoms with Crippen LogP contribution in [-0.2, 0) is 11.8 Å². The zero-order valence-electron chi connectivity index (χ0n) is 13.1. The van der Waals surface area contributed by atoms with Crippen LogP contribution in [0.3, 0.4) is 0 Å². The smallest absolute Gasteiger partial charge is 0.176 e. The van der Waals surface area contributed by atoms with Crippen LogP contribution in [0.15, 0.2) is 12.4 Å². The van der Waals surface area contributed by atoms with Gasteiger partial charge in [-0.1, -0.05) is 0 Å². The molecule has 0 radical (unpaired) electrons. The van der Waals surface area contributed by atoms with Crippen molar-refractivity contribution in [3.8, 4) is 0 Å². The van der Waals surface area contributed by atoms with E-state index in [2.05, 4.69) is 14.9 Å². The van der Waals surface area contributed by atoms with Crippen LogP contribution >= 0.6 is 0 Å². The minimum absolute atomic E-state index is 0.469. The highest BCUT2D eigenvalue weighted by molar-refractivity contribution is 5.73. The summed E-state index contributed by atoms with van der Waals surface area (Å²) in [6.07, 6.45) is 7.14. The van der Waals surface area contributed by atoms with Crippen LogP contribution in [-0.4, -0.2) is 57.5 Å². The largest absolute Gasteiger partial charge is 0.381 e. The SMILES string of the molecule is Cn1nc([C@H]2CCCN(C[C@H]3CCOC3)C2)c2nccnc21. The molecular formula is C16H23N5O. The van der Waals surface area contributed by atoms with E-state index >= 15 is 0 Å². The molecule has 6 nitrogen and oxygen atoms in total. The fraction of sp³-hybridized carbons (Fsp3) is 0.688. The first kappa shape index (κ1) is 14.1. The molecule has 2 saturated heterocycles. The molecule has 0 amide bonds. The summed E-state index contributed by atoms with van der Waals surface area (Å²) < 4.78 is 7.37. The maximum Gasteiger partial charge on any atom is 0.176 e. The van der Waals surface area contributed by atoms with E-state index in [0.717, 1.165) is 43.2 Å². The van der Waals surface area contributed by atoms with Crippen LogP contribution in [0.2, 0.25) is 0 Å². The zero-order valence-corrected chi connectivity index (χ0v) is 13.1. The van der Waals surface area contributed by atoms with Crippen molar-refractivity contribution in [1.82, 2.24) is 24.6 Å². The second-order valence-corrected chi connectivity index (χ2v) is 6.57. The summed E-state index contributed by atoms with van der Waals surface area (Å²) in [6.45, 7) is 5.30. The molecule has 0 spiro atoms. The number of aromatic nitrogens is 4. The minimum Gasteiger partial charge on any atom is -0.381 e. The Morgan fingerprint density at radius 1 is 1.27 bits per heavy atom. The van der Waals surface area contributed by atoms with Crippen LogP contribution < -0.4 is 0 Å². The summed E-state index contributed by atoms with van der Waals surface area (Å²) in [4.78, 5) is 11.5. The monoisotopic (exact) mass is 301 g/mol. The number of hydrogen-bond donors (Lipinski definition) is 0. The van der Waals surface area contributed by atoms with Crippen LogP contribution in [0.25, 0.3) is 11.2 Å². The fourth-order valence-electron chi connectivity index (χ4n) is 3.82. The highest BCUT2D eigenvalue weighted by Crippen LogP contribution is 2.30. The first-order valence-electron chi connectivity index (χ1n) is 8.25. The highest BCUT2D eigenvalue weighted by Gasteiger charge is 2.28. The van der Waals surface area contributed by atoms with Gasteiger partial charge in [-0.25, -0.2) is 14.6 Å². The zero-order chi connectivity index (χ0) is 14.9. The summed E-state index contributed by atoms with van der Waals surface area (Å²) in [5.74, 6) is 1.18. The Kier molecular flexibility index (Phi) is 3.80. The molecular weight excluding hydrogens is 278 g/mol. The van der Waals surface area contributed by atoms with E-state index in [-0.39, 0.29) is 0 Å². The molecule has 2 aliphatic heterocycles. The van der Waals surface area contributed by atoms with Gasteiger partial charge in [0.05, 0.1) is 12.3 Å². The minimum atomic E-state index is 0.469. The second-order valence-electron chi connectivity index (χ2n) is 6.57. The number of fused-ring (bicyclic) bond motifs is 1. The van der Waals surface area contributed by atoms with E-state index in [9.17, 15) is 0 Å². The molecule has 4 heterocycles. The van der Waals surface area contributed by atoms with Crippen molar-refractivity contribution in [1.29, 1.82) is 0 Å². The fourth-order valence-corrected chi connectivity index (χ4v) is 3.82. The van der Waals surface area contributed by atoms with Crippen LogP contribution in [0, 0.1) is 5.92 Å². The van der Waals surface area contributed by atoms with Gasteiger partial charge in [0.1, 0.15) is 5.52 Å². The van der Waals surface area contributed by atoms with Gasteiger partial charge in [0.2, 0.25) is 0 Å². The van der Waals surface area contributed by atoms with Gasteiger partial charge in [-0.2, -0.15) is 5.10 Å². The van der Waals surface area contributed by atoms with Crippen LogP contribution in [0.5, 0.6) is 0 Å². The van der Waals surface area contributed by atoms with Gasteiger partial charge in [-0.3, -0.25) is 0 Å². The third kappa shape index (κ3) is 2.61. The lowest BCUT2D eigenvalue weighted by Gasteiger charge is -2.33. The first-order chi connectivity index (χ1) is 10.8. The molecule has 2 aliphatic rings. The maximum absolute atomic E-state index is 5.51. The molecule has 0 bridgehead atoms. The number of rotatable bonds is 3. The van der Waals surface area contributed by atoms with Gasteiger partial charge in [-0.15, -0.1) is 0 Å². The van der Waals surface area contributed by atoms with E-state index < -0.39 is 0 Å². The summed E-state index contributed by atoms with van der Waals surface area (Å²) in [5, 5.41) is 4.72. The van der Waals surface area contributed by atoms with Gasteiger partial charge in [0.15, 0.2) is 5.65 Å². The van der Waals surface area contributed by atoms with Crippen molar-refractivity contribution in [2.24, 2.45) is 13.0 Å². The number of hydrogen-bond acceptors (Lipinski definition) is 5. The standard InChI is InChI=1S/C16H23N5O/c1-20-16-15(17-5-6-18-16)14(19-20)13-3-2-7-21(10-13)9-12-4-8-22-11-12/h5-6,12-13H,2-4,7-11H2,1H3/t12-,13+/m1/s1. The van der Waals surface area contributed by atoms with Crippen LogP contribution in [0.1, 0.15) is 30.9 Å². The Labute approximate surface area is 130 Å². The molecule has 22 heavy (non-hydrogen) atoms. The lowest BCUT2D eigenvalue weighted by atomic mass is 9.93. The third-order valence-electron chi connectivity index (χ3n) is 4.92. The van der Waals surface area contributed by atoms with E-state index in [1.807, 2.05) is 11.7 Å². The Hall–Kier alpha value is -1.53. The third-order valence-corrected chi connectivity index (χ3v) is 4.92. The molecule has 0 N–H and O–H groups in total. The van der Waals surface area contributed by atoms with E-state index in [1.54, 1.807) is 12.4 Å². The molecule has 2 aromatic rings. The molecule has 0 saturated carbocycles. The Morgan fingerprint density at radius 2 is 2.18 bits per heavy atom. The van der Waals surface area contributed by atoms with Crippen LogP contribution in [0.4, 0.5) is 0 Å². The molecule has 118 valence electrons. The Morgan fingerprint density at radius 3 is 3.05 bits per heavy atom. The van der Waals surface area contributed by atoms with Crippen molar-refractivity contribution in [3.63, 3.8) is 0 Å².